The van der Waals surface area contributed by atoms with E-state index in [0.717, 1.165) is 6.20 Å². The lowest BCUT2D eigenvalue weighted by atomic mass is 10.2. The molecule has 0 saturated carbocycles. The first-order valence-electron chi connectivity index (χ1n) is 6.01. The molecule has 0 unspecified atom stereocenters. The summed E-state index contributed by atoms with van der Waals surface area (Å²) in [6, 6.07) is 6.13. The summed E-state index contributed by atoms with van der Waals surface area (Å²) in [5.41, 5.74) is 0.266. The third-order valence-corrected chi connectivity index (χ3v) is 2.44. The number of esters is 1. The molecule has 0 aliphatic heterocycles. The number of nitrogens with zero attached hydrogens (tertiary/aromatic N) is 3. The molecule has 1 heterocycles. The monoisotopic (exact) mass is 289 g/mol. The van der Waals surface area contributed by atoms with Gasteiger partial charge in [0.1, 0.15) is 5.75 Å². The van der Waals surface area contributed by atoms with Gasteiger partial charge in [0.05, 0.1) is 18.9 Å². The summed E-state index contributed by atoms with van der Waals surface area (Å²) in [5.74, 6) is -1.05. The molecule has 0 amide bonds. The fourth-order valence-corrected chi connectivity index (χ4v) is 1.50. The van der Waals surface area contributed by atoms with Crippen LogP contribution in [0.5, 0.6) is 11.8 Å². The van der Waals surface area contributed by atoms with Crippen molar-refractivity contribution in [3.05, 3.63) is 41.8 Å². The van der Waals surface area contributed by atoms with Crippen LogP contribution in [-0.4, -0.2) is 29.3 Å². The van der Waals surface area contributed by atoms with E-state index < -0.39 is 11.8 Å². The number of hydrogen-bond acceptors (Lipinski definition) is 6. The molecule has 2 aromatic rings. The summed E-state index contributed by atoms with van der Waals surface area (Å²) in [6.07, 6.45) is 2.27. The van der Waals surface area contributed by atoms with Crippen molar-refractivity contribution in [3.8, 4) is 11.8 Å². The highest BCUT2D eigenvalue weighted by Gasteiger charge is 2.13. The Morgan fingerprint density at radius 1 is 1.43 bits per heavy atom. The second-order valence-corrected chi connectivity index (χ2v) is 3.83. The zero-order valence-electron chi connectivity index (χ0n) is 11.4. The number of aliphatic imine (C=N–C) groups is 1. The van der Waals surface area contributed by atoms with Gasteiger partial charge in [0.15, 0.2) is 11.6 Å². The van der Waals surface area contributed by atoms with E-state index in [9.17, 15) is 9.18 Å². The number of halogens is 1. The lowest BCUT2D eigenvalue weighted by Gasteiger charge is -2.05. The van der Waals surface area contributed by atoms with Gasteiger partial charge in [-0.05, 0) is 25.1 Å². The van der Waals surface area contributed by atoms with Crippen LogP contribution in [0.4, 0.5) is 10.2 Å². The molecule has 21 heavy (non-hydrogen) atoms. The molecule has 0 radical (unpaired) electrons. The molecule has 7 heteroatoms. The molecule has 1 aromatic heterocycles. The highest BCUT2D eigenvalue weighted by atomic mass is 19.1. The molecular weight excluding hydrogens is 277 g/mol. The average molecular weight is 289 g/mol. The second kappa shape index (κ2) is 6.56. The maximum absolute atomic E-state index is 13.3. The van der Waals surface area contributed by atoms with E-state index >= 15 is 0 Å². The SMILES string of the molecule is C/C=N/c1nc(OC(=O)c2cccc(OC)c2)ncc1F. The Morgan fingerprint density at radius 2 is 2.24 bits per heavy atom. The molecule has 0 aliphatic rings. The largest absolute Gasteiger partial charge is 0.497 e. The van der Waals surface area contributed by atoms with E-state index in [1.54, 1.807) is 25.1 Å². The summed E-state index contributed by atoms with van der Waals surface area (Å²) >= 11 is 0. The van der Waals surface area contributed by atoms with Crippen LogP contribution in [0.2, 0.25) is 0 Å². The Balaban J connectivity index is 2.21. The molecule has 0 bridgehead atoms. The zero-order valence-corrected chi connectivity index (χ0v) is 11.4. The highest BCUT2D eigenvalue weighted by Crippen LogP contribution is 2.18. The van der Waals surface area contributed by atoms with Gasteiger partial charge in [-0.3, -0.25) is 0 Å². The summed E-state index contributed by atoms with van der Waals surface area (Å²) in [5, 5.41) is 0. The fourth-order valence-electron chi connectivity index (χ4n) is 1.50. The summed E-state index contributed by atoms with van der Waals surface area (Å²) in [6.45, 7) is 1.61. The number of benzene rings is 1. The lowest BCUT2D eigenvalue weighted by molar-refractivity contribution is 0.0719. The Hall–Kier alpha value is -2.83. The molecule has 0 N–H and O–H groups in total. The van der Waals surface area contributed by atoms with Crippen molar-refractivity contribution in [1.29, 1.82) is 0 Å². The van der Waals surface area contributed by atoms with Gasteiger partial charge in [-0.2, -0.15) is 4.98 Å². The van der Waals surface area contributed by atoms with Crippen molar-refractivity contribution in [2.45, 2.75) is 6.92 Å². The van der Waals surface area contributed by atoms with Crippen LogP contribution in [-0.2, 0) is 0 Å². The van der Waals surface area contributed by atoms with Gasteiger partial charge >= 0.3 is 12.0 Å². The van der Waals surface area contributed by atoms with Gasteiger partial charge < -0.3 is 9.47 Å². The third kappa shape index (κ3) is 3.59. The van der Waals surface area contributed by atoms with Gasteiger partial charge in [0.25, 0.3) is 0 Å². The first-order chi connectivity index (χ1) is 10.1. The van der Waals surface area contributed by atoms with Gasteiger partial charge in [-0.1, -0.05) is 6.07 Å². The predicted molar refractivity (Wildman–Crippen MR) is 73.8 cm³/mol. The first kappa shape index (κ1) is 14.6. The van der Waals surface area contributed by atoms with Gasteiger partial charge in [0, 0.05) is 6.21 Å². The first-order valence-corrected chi connectivity index (χ1v) is 6.01. The molecule has 1 aromatic carbocycles. The minimum atomic E-state index is -0.700. The number of aromatic nitrogens is 2. The molecule has 108 valence electrons. The van der Waals surface area contributed by atoms with Crippen LogP contribution in [0.15, 0.2) is 35.5 Å². The Morgan fingerprint density at radius 3 is 2.95 bits per heavy atom. The Bertz CT molecular complexity index is 689. The molecule has 2 rings (SSSR count). The van der Waals surface area contributed by atoms with Crippen molar-refractivity contribution in [1.82, 2.24) is 9.97 Å². The van der Waals surface area contributed by atoms with Gasteiger partial charge in [-0.25, -0.2) is 19.2 Å². The predicted octanol–water partition coefficient (Wildman–Crippen LogP) is 2.57. The number of carbonyl (C=O) groups excluding carboxylic acids is 1. The number of hydrogen-bond donors (Lipinski definition) is 0. The third-order valence-electron chi connectivity index (χ3n) is 2.44. The second-order valence-electron chi connectivity index (χ2n) is 3.83. The molecule has 0 spiro atoms. The van der Waals surface area contributed by atoms with E-state index in [1.165, 1.54) is 19.4 Å². The quantitative estimate of drug-likeness (QED) is 0.639. The van der Waals surface area contributed by atoms with Crippen molar-refractivity contribution >= 4 is 18.0 Å². The van der Waals surface area contributed by atoms with Crippen LogP contribution in [0.25, 0.3) is 0 Å². The smallest absolute Gasteiger partial charge is 0.346 e. The Kier molecular flexibility index (Phi) is 4.55. The van der Waals surface area contributed by atoms with Crippen LogP contribution in [0, 0.1) is 5.82 Å². The molecule has 0 atom stereocenters. The fraction of sp³-hybridized carbons (Fsp3) is 0.143. The molecular formula is C14H12FN3O3. The molecule has 6 nitrogen and oxygen atoms in total. The molecule has 0 fully saturated rings. The van der Waals surface area contributed by atoms with E-state index in [4.69, 9.17) is 9.47 Å². The van der Waals surface area contributed by atoms with Gasteiger partial charge in [0.2, 0.25) is 0 Å². The molecule has 0 saturated heterocycles. The van der Waals surface area contributed by atoms with Gasteiger partial charge in [-0.15, -0.1) is 0 Å². The standard InChI is InChI=1S/C14H12FN3O3/c1-3-16-12-11(15)8-17-14(18-12)21-13(19)9-5-4-6-10(7-9)20-2/h3-8H,1-2H3/b16-3+. The topological polar surface area (TPSA) is 73.7 Å². The number of carbonyl (C=O) groups is 1. The number of methoxy groups -OCH3 is 1. The van der Waals surface area contributed by atoms with E-state index in [-0.39, 0.29) is 17.4 Å². The highest BCUT2D eigenvalue weighted by molar-refractivity contribution is 5.91. The Labute approximate surface area is 120 Å². The van der Waals surface area contributed by atoms with E-state index in [1.807, 2.05) is 0 Å². The maximum Gasteiger partial charge on any atom is 0.346 e. The number of rotatable bonds is 4. The van der Waals surface area contributed by atoms with Crippen LogP contribution < -0.4 is 9.47 Å². The normalized spacial score (nSPS) is 10.6. The van der Waals surface area contributed by atoms with E-state index in [0.29, 0.717) is 5.75 Å². The number of ether oxygens (including phenoxy) is 2. The summed E-state index contributed by atoms with van der Waals surface area (Å²) in [7, 11) is 1.49. The zero-order chi connectivity index (χ0) is 15.2. The van der Waals surface area contributed by atoms with Crippen LogP contribution in [0.1, 0.15) is 17.3 Å². The van der Waals surface area contributed by atoms with Crippen molar-refractivity contribution < 1.29 is 18.7 Å². The lowest BCUT2D eigenvalue weighted by Crippen LogP contribution is -2.10. The summed E-state index contributed by atoms with van der Waals surface area (Å²) in [4.78, 5) is 23.0. The maximum atomic E-state index is 13.3. The molecule has 0 aliphatic carbocycles. The average Bonchev–Trinajstić information content (AvgIpc) is 2.51. The minimum Gasteiger partial charge on any atom is -0.497 e. The van der Waals surface area contributed by atoms with Crippen LogP contribution in [0.3, 0.4) is 0 Å². The van der Waals surface area contributed by atoms with Crippen molar-refractivity contribution in [2.24, 2.45) is 4.99 Å². The van der Waals surface area contributed by atoms with Crippen molar-refractivity contribution in [2.75, 3.05) is 7.11 Å². The minimum absolute atomic E-state index is 0.194. The van der Waals surface area contributed by atoms with E-state index in [2.05, 4.69) is 15.0 Å². The summed E-state index contributed by atoms with van der Waals surface area (Å²) < 4.78 is 23.3. The van der Waals surface area contributed by atoms with Crippen molar-refractivity contribution in [3.63, 3.8) is 0 Å². The van der Waals surface area contributed by atoms with Crippen LogP contribution >= 0.6 is 0 Å².